The van der Waals surface area contributed by atoms with E-state index in [-0.39, 0.29) is 15.7 Å². The molecule has 0 saturated heterocycles. The van der Waals surface area contributed by atoms with Crippen LogP contribution in [0.1, 0.15) is 36.0 Å². The van der Waals surface area contributed by atoms with Gasteiger partial charge in [-0.2, -0.15) is 0 Å². The molecule has 0 saturated carbocycles. The fourth-order valence-electron chi connectivity index (χ4n) is 1.46. The predicted octanol–water partition coefficient (Wildman–Crippen LogP) is 2.33. The van der Waals surface area contributed by atoms with Crippen molar-refractivity contribution in [1.29, 1.82) is 0 Å². The van der Waals surface area contributed by atoms with Crippen LogP contribution in [-0.4, -0.2) is 26.0 Å². The second kappa shape index (κ2) is 6.02. The first-order valence-corrected chi connectivity index (χ1v) is 8.34. The fourth-order valence-corrected chi connectivity index (χ4v) is 4.23. The number of rotatable bonds is 6. The third kappa shape index (κ3) is 3.77. The van der Waals surface area contributed by atoms with Gasteiger partial charge in [-0.15, -0.1) is 11.3 Å². The summed E-state index contributed by atoms with van der Waals surface area (Å²) >= 11 is 0.933. The molecule has 0 aliphatic heterocycles. The van der Waals surface area contributed by atoms with Crippen molar-refractivity contribution in [3.63, 3.8) is 0 Å². The molecule has 1 heterocycles. The van der Waals surface area contributed by atoms with E-state index in [4.69, 9.17) is 5.11 Å². The molecule has 0 aromatic carbocycles. The Balaban J connectivity index is 3.01. The molecule has 7 heteroatoms. The molecule has 5 nitrogen and oxygen atoms in total. The van der Waals surface area contributed by atoms with Gasteiger partial charge in [0.2, 0.25) is 10.0 Å². The van der Waals surface area contributed by atoms with Crippen LogP contribution >= 0.6 is 11.3 Å². The number of sulfonamides is 1. The van der Waals surface area contributed by atoms with E-state index in [2.05, 4.69) is 4.72 Å². The quantitative estimate of drug-likeness (QED) is 0.845. The summed E-state index contributed by atoms with van der Waals surface area (Å²) in [6, 6.07) is 0. The number of carboxylic acids is 1. The average Bonchev–Trinajstić information content (AvgIpc) is 2.68. The molecule has 0 fully saturated rings. The zero-order valence-electron chi connectivity index (χ0n) is 11.4. The van der Waals surface area contributed by atoms with Crippen molar-refractivity contribution in [2.45, 2.75) is 32.6 Å². The third-order valence-corrected chi connectivity index (χ3v) is 5.94. The zero-order valence-corrected chi connectivity index (χ0v) is 13.1. The van der Waals surface area contributed by atoms with Crippen molar-refractivity contribution in [3.05, 3.63) is 15.8 Å². The van der Waals surface area contributed by atoms with Crippen LogP contribution in [0.5, 0.6) is 0 Å². The van der Waals surface area contributed by atoms with Crippen LogP contribution in [0.3, 0.4) is 0 Å². The van der Waals surface area contributed by atoms with Crippen LogP contribution < -0.4 is 4.72 Å². The van der Waals surface area contributed by atoms with Gasteiger partial charge in [-0.25, -0.2) is 17.9 Å². The molecule has 2 N–H and O–H groups in total. The molecule has 1 atom stereocenters. The maximum atomic E-state index is 12.2. The standard InChI is InChI=1S/C12H19NO4S2/c1-7(2)8(3)5-13-19(16,17)11-9(4)6-18-10(11)12(14)15/h6-8,13H,5H2,1-4H3,(H,14,15). The highest BCUT2D eigenvalue weighted by molar-refractivity contribution is 7.89. The molecule has 1 unspecified atom stereocenters. The topological polar surface area (TPSA) is 83.5 Å². The molecule has 0 aliphatic rings. The van der Waals surface area contributed by atoms with E-state index in [1.807, 2.05) is 20.8 Å². The summed E-state index contributed by atoms with van der Waals surface area (Å²) in [5.41, 5.74) is 0.465. The summed E-state index contributed by atoms with van der Waals surface area (Å²) in [4.78, 5) is 10.8. The highest BCUT2D eigenvalue weighted by Gasteiger charge is 2.27. The summed E-state index contributed by atoms with van der Waals surface area (Å²) in [7, 11) is -3.77. The number of carbonyl (C=O) groups is 1. The molecule has 0 aliphatic carbocycles. The van der Waals surface area contributed by atoms with Crippen molar-refractivity contribution in [3.8, 4) is 0 Å². The lowest BCUT2D eigenvalue weighted by Crippen LogP contribution is -2.31. The van der Waals surface area contributed by atoms with Gasteiger partial charge >= 0.3 is 5.97 Å². The smallest absolute Gasteiger partial charge is 0.347 e. The van der Waals surface area contributed by atoms with Gasteiger partial charge < -0.3 is 5.11 Å². The van der Waals surface area contributed by atoms with Gasteiger partial charge in [0.25, 0.3) is 0 Å². The number of aryl methyl sites for hydroxylation is 1. The minimum absolute atomic E-state index is 0.110. The minimum Gasteiger partial charge on any atom is -0.477 e. The van der Waals surface area contributed by atoms with Crippen molar-refractivity contribution in [2.75, 3.05) is 6.54 Å². The second-order valence-corrected chi connectivity index (χ2v) is 7.54. The van der Waals surface area contributed by atoms with Gasteiger partial charge in [0.15, 0.2) is 0 Å². The zero-order chi connectivity index (χ0) is 14.8. The van der Waals surface area contributed by atoms with Crippen LogP contribution in [-0.2, 0) is 10.0 Å². The molecular formula is C12H19NO4S2. The van der Waals surface area contributed by atoms with Crippen molar-refractivity contribution in [1.82, 2.24) is 4.72 Å². The molecule has 1 aromatic rings. The van der Waals surface area contributed by atoms with Crippen molar-refractivity contribution in [2.24, 2.45) is 11.8 Å². The molecule has 0 bridgehead atoms. The van der Waals surface area contributed by atoms with Gasteiger partial charge in [0.1, 0.15) is 9.77 Å². The van der Waals surface area contributed by atoms with E-state index < -0.39 is 16.0 Å². The molecule has 19 heavy (non-hydrogen) atoms. The summed E-state index contributed by atoms with van der Waals surface area (Å²) in [5, 5.41) is 10.6. The van der Waals surface area contributed by atoms with Crippen LogP contribution in [0.15, 0.2) is 10.3 Å². The Hall–Kier alpha value is -0.920. The van der Waals surface area contributed by atoms with E-state index in [0.717, 1.165) is 11.3 Å². The lowest BCUT2D eigenvalue weighted by molar-refractivity contribution is 0.0698. The van der Waals surface area contributed by atoms with E-state index >= 15 is 0 Å². The molecule has 0 radical (unpaired) electrons. The van der Waals surface area contributed by atoms with E-state index in [1.165, 1.54) is 0 Å². The van der Waals surface area contributed by atoms with Gasteiger partial charge in [-0.3, -0.25) is 0 Å². The maximum absolute atomic E-state index is 12.2. The Bertz CT molecular complexity index is 560. The predicted molar refractivity (Wildman–Crippen MR) is 75.2 cm³/mol. The molecular weight excluding hydrogens is 286 g/mol. The highest BCUT2D eigenvalue weighted by atomic mass is 32.2. The highest BCUT2D eigenvalue weighted by Crippen LogP contribution is 2.26. The lowest BCUT2D eigenvalue weighted by Gasteiger charge is -2.16. The molecule has 0 spiro atoms. The summed E-state index contributed by atoms with van der Waals surface area (Å²) in [6.45, 7) is 7.87. The Morgan fingerprint density at radius 2 is 2.00 bits per heavy atom. The van der Waals surface area contributed by atoms with Crippen LogP contribution in [0.25, 0.3) is 0 Å². The average molecular weight is 305 g/mol. The monoisotopic (exact) mass is 305 g/mol. The fraction of sp³-hybridized carbons (Fsp3) is 0.583. The Morgan fingerprint density at radius 3 is 2.47 bits per heavy atom. The summed E-state index contributed by atoms with van der Waals surface area (Å²) in [5.74, 6) is -0.678. The SMILES string of the molecule is Cc1csc(C(=O)O)c1S(=O)(=O)NCC(C)C(C)C. The Morgan fingerprint density at radius 1 is 1.42 bits per heavy atom. The number of nitrogens with one attached hydrogen (secondary N) is 1. The van der Waals surface area contributed by atoms with Crippen LogP contribution in [0.4, 0.5) is 0 Å². The first-order valence-electron chi connectivity index (χ1n) is 5.97. The van der Waals surface area contributed by atoms with Crippen molar-refractivity contribution < 1.29 is 18.3 Å². The lowest BCUT2D eigenvalue weighted by atomic mass is 9.99. The van der Waals surface area contributed by atoms with Crippen molar-refractivity contribution >= 4 is 27.3 Å². The molecule has 1 aromatic heterocycles. The molecule has 1 rings (SSSR count). The Kier molecular flexibility index (Phi) is 5.11. The second-order valence-electron chi connectivity index (χ2n) is 4.96. The maximum Gasteiger partial charge on any atom is 0.347 e. The number of hydrogen-bond acceptors (Lipinski definition) is 4. The third-order valence-electron chi connectivity index (χ3n) is 3.11. The summed E-state index contributed by atoms with van der Waals surface area (Å²) < 4.78 is 26.9. The van der Waals surface area contributed by atoms with Gasteiger partial charge in [-0.05, 0) is 29.7 Å². The van der Waals surface area contributed by atoms with Crippen LogP contribution in [0.2, 0.25) is 0 Å². The minimum atomic E-state index is -3.77. The molecule has 0 amide bonds. The Labute approximate surface area is 117 Å². The first-order chi connectivity index (χ1) is 8.66. The van der Waals surface area contributed by atoms with E-state index in [9.17, 15) is 13.2 Å². The van der Waals surface area contributed by atoms with E-state index in [0.29, 0.717) is 18.0 Å². The number of thiophene rings is 1. The van der Waals surface area contributed by atoms with Crippen LogP contribution in [0, 0.1) is 18.8 Å². The van der Waals surface area contributed by atoms with E-state index in [1.54, 1.807) is 12.3 Å². The largest absolute Gasteiger partial charge is 0.477 e. The number of hydrogen-bond donors (Lipinski definition) is 2. The van der Waals surface area contributed by atoms with Gasteiger partial charge in [-0.1, -0.05) is 20.8 Å². The first kappa shape index (κ1) is 16.1. The normalized spacial score (nSPS) is 13.7. The number of aromatic carboxylic acids is 1. The van der Waals surface area contributed by atoms with Gasteiger partial charge in [0, 0.05) is 6.54 Å². The summed E-state index contributed by atoms with van der Waals surface area (Å²) in [6.07, 6.45) is 0. The van der Waals surface area contributed by atoms with Gasteiger partial charge in [0.05, 0.1) is 0 Å². The number of carboxylic acid groups (broad SMARTS) is 1. The molecule has 108 valence electrons.